The van der Waals surface area contributed by atoms with Gasteiger partial charge in [0.05, 0.1) is 0 Å². The Kier molecular flexibility index (Phi) is 6.86. The number of hydrogen-bond acceptors (Lipinski definition) is 3. The minimum atomic E-state index is -0.0224. The minimum Gasteiger partial charge on any atom is -0.385 e. The van der Waals surface area contributed by atoms with Gasteiger partial charge in [0, 0.05) is 37.2 Å². The normalized spacial score (nSPS) is 19.4. The summed E-state index contributed by atoms with van der Waals surface area (Å²) in [6, 6.07) is 8.17. The number of amides is 1. The van der Waals surface area contributed by atoms with Crippen molar-refractivity contribution in [2.24, 2.45) is 17.6 Å². The standard InChI is InChI=1S/C17H25BrN2O2/c1-22-8-6-15(9-13-3-2-4-16(18)10-13)17(21)20-7-5-14(11-19)12-20/h2-4,10,14-15H,5-9,11-12,19H2,1H3. The Morgan fingerprint density at radius 2 is 2.36 bits per heavy atom. The van der Waals surface area contributed by atoms with Crippen molar-refractivity contribution in [2.75, 3.05) is 33.4 Å². The zero-order valence-electron chi connectivity index (χ0n) is 13.1. The van der Waals surface area contributed by atoms with Gasteiger partial charge in [-0.3, -0.25) is 4.79 Å². The summed E-state index contributed by atoms with van der Waals surface area (Å²) in [4.78, 5) is 14.8. The second kappa shape index (κ2) is 8.65. The van der Waals surface area contributed by atoms with Gasteiger partial charge in [-0.1, -0.05) is 28.1 Å². The molecule has 22 heavy (non-hydrogen) atoms. The summed E-state index contributed by atoms with van der Waals surface area (Å²) in [7, 11) is 1.68. The van der Waals surface area contributed by atoms with Gasteiger partial charge in [-0.2, -0.15) is 0 Å². The quantitative estimate of drug-likeness (QED) is 0.803. The van der Waals surface area contributed by atoms with Crippen molar-refractivity contribution in [2.45, 2.75) is 19.3 Å². The van der Waals surface area contributed by atoms with Gasteiger partial charge in [-0.25, -0.2) is 0 Å². The third kappa shape index (κ3) is 4.80. The number of ether oxygens (including phenoxy) is 1. The lowest BCUT2D eigenvalue weighted by Crippen LogP contribution is -2.36. The summed E-state index contributed by atoms with van der Waals surface area (Å²) in [6.45, 7) is 2.91. The smallest absolute Gasteiger partial charge is 0.226 e. The lowest BCUT2D eigenvalue weighted by atomic mass is 9.95. The van der Waals surface area contributed by atoms with E-state index in [1.807, 2.05) is 17.0 Å². The molecule has 0 radical (unpaired) electrons. The van der Waals surface area contributed by atoms with Crippen LogP contribution in [0.15, 0.2) is 28.7 Å². The summed E-state index contributed by atoms with van der Waals surface area (Å²) in [5.74, 6) is 0.677. The van der Waals surface area contributed by atoms with Crippen LogP contribution in [0.2, 0.25) is 0 Å². The molecule has 122 valence electrons. The lowest BCUT2D eigenvalue weighted by molar-refractivity contribution is -0.135. The first kappa shape index (κ1) is 17.4. The summed E-state index contributed by atoms with van der Waals surface area (Å²) in [5, 5.41) is 0. The van der Waals surface area contributed by atoms with E-state index in [0.717, 1.165) is 36.8 Å². The van der Waals surface area contributed by atoms with Gasteiger partial charge in [0.25, 0.3) is 0 Å². The maximum atomic E-state index is 12.8. The highest BCUT2D eigenvalue weighted by Crippen LogP contribution is 2.22. The molecule has 1 fully saturated rings. The Balaban J connectivity index is 2.03. The van der Waals surface area contributed by atoms with Crippen LogP contribution in [0.1, 0.15) is 18.4 Å². The number of carbonyl (C=O) groups is 1. The van der Waals surface area contributed by atoms with Crippen molar-refractivity contribution in [1.29, 1.82) is 0 Å². The molecule has 1 heterocycles. The SMILES string of the molecule is COCCC(Cc1cccc(Br)c1)C(=O)N1CCC(CN)C1. The second-order valence-corrected chi connectivity index (χ2v) is 6.90. The molecule has 2 unspecified atom stereocenters. The van der Waals surface area contributed by atoms with E-state index in [9.17, 15) is 4.79 Å². The van der Waals surface area contributed by atoms with Crippen LogP contribution in [0.4, 0.5) is 0 Å². The van der Waals surface area contributed by atoms with Gasteiger partial charge in [-0.05, 0) is 49.4 Å². The highest BCUT2D eigenvalue weighted by Gasteiger charge is 2.30. The molecular formula is C17H25BrN2O2. The van der Waals surface area contributed by atoms with E-state index in [1.54, 1.807) is 7.11 Å². The van der Waals surface area contributed by atoms with E-state index in [1.165, 1.54) is 5.56 Å². The minimum absolute atomic E-state index is 0.0224. The van der Waals surface area contributed by atoms with Crippen molar-refractivity contribution in [3.63, 3.8) is 0 Å². The molecule has 1 aromatic rings. The molecule has 1 saturated heterocycles. The number of nitrogens with zero attached hydrogens (tertiary/aromatic N) is 1. The molecule has 2 atom stereocenters. The van der Waals surface area contributed by atoms with Crippen molar-refractivity contribution in [3.05, 3.63) is 34.3 Å². The van der Waals surface area contributed by atoms with Crippen LogP contribution in [0.3, 0.4) is 0 Å². The molecule has 0 aliphatic carbocycles. The Hall–Kier alpha value is -0.910. The first-order valence-corrected chi connectivity index (χ1v) is 8.65. The molecule has 1 amide bonds. The van der Waals surface area contributed by atoms with Gasteiger partial charge < -0.3 is 15.4 Å². The zero-order valence-corrected chi connectivity index (χ0v) is 14.7. The van der Waals surface area contributed by atoms with E-state index >= 15 is 0 Å². The average molecular weight is 369 g/mol. The number of methoxy groups -OCH3 is 1. The number of likely N-dealkylation sites (tertiary alicyclic amines) is 1. The van der Waals surface area contributed by atoms with Crippen molar-refractivity contribution in [1.82, 2.24) is 4.90 Å². The van der Waals surface area contributed by atoms with Gasteiger partial charge >= 0.3 is 0 Å². The van der Waals surface area contributed by atoms with Crippen LogP contribution in [-0.2, 0) is 16.0 Å². The number of hydrogen-bond donors (Lipinski definition) is 1. The van der Waals surface area contributed by atoms with E-state index in [0.29, 0.717) is 19.1 Å². The molecule has 0 spiro atoms. The van der Waals surface area contributed by atoms with Gasteiger partial charge in [0.15, 0.2) is 0 Å². The van der Waals surface area contributed by atoms with Crippen molar-refractivity contribution >= 4 is 21.8 Å². The predicted octanol–water partition coefficient (Wildman–Crippen LogP) is 2.45. The van der Waals surface area contributed by atoms with Crippen LogP contribution < -0.4 is 5.73 Å². The summed E-state index contributed by atoms with van der Waals surface area (Å²) in [6.07, 6.45) is 2.53. The molecule has 0 bridgehead atoms. The monoisotopic (exact) mass is 368 g/mol. The fourth-order valence-electron chi connectivity index (χ4n) is 3.00. The lowest BCUT2D eigenvalue weighted by Gasteiger charge is -2.23. The topological polar surface area (TPSA) is 55.6 Å². The van der Waals surface area contributed by atoms with Crippen LogP contribution in [-0.4, -0.2) is 44.2 Å². The fourth-order valence-corrected chi connectivity index (χ4v) is 3.45. The molecule has 1 aliphatic rings. The fraction of sp³-hybridized carbons (Fsp3) is 0.588. The van der Waals surface area contributed by atoms with Gasteiger partial charge in [0.2, 0.25) is 5.91 Å². The largest absolute Gasteiger partial charge is 0.385 e. The van der Waals surface area contributed by atoms with Crippen molar-refractivity contribution < 1.29 is 9.53 Å². The predicted molar refractivity (Wildman–Crippen MR) is 91.6 cm³/mol. The van der Waals surface area contributed by atoms with Crippen LogP contribution in [0.5, 0.6) is 0 Å². The number of halogens is 1. The molecule has 2 N–H and O–H groups in total. The van der Waals surface area contributed by atoms with Crippen molar-refractivity contribution in [3.8, 4) is 0 Å². The highest BCUT2D eigenvalue weighted by atomic mass is 79.9. The summed E-state index contributed by atoms with van der Waals surface area (Å²) >= 11 is 3.49. The first-order chi connectivity index (χ1) is 10.6. The van der Waals surface area contributed by atoms with Crippen LogP contribution >= 0.6 is 15.9 Å². The average Bonchev–Trinajstić information content (AvgIpc) is 3.00. The molecule has 1 aliphatic heterocycles. The zero-order chi connectivity index (χ0) is 15.9. The maximum Gasteiger partial charge on any atom is 0.226 e. The summed E-state index contributed by atoms with van der Waals surface area (Å²) < 4.78 is 6.24. The van der Waals surface area contributed by atoms with E-state index in [4.69, 9.17) is 10.5 Å². The number of nitrogens with two attached hydrogens (primary N) is 1. The third-order valence-electron chi connectivity index (χ3n) is 4.32. The second-order valence-electron chi connectivity index (χ2n) is 5.99. The number of rotatable bonds is 7. The summed E-state index contributed by atoms with van der Waals surface area (Å²) in [5.41, 5.74) is 6.91. The van der Waals surface area contributed by atoms with Crippen LogP contribution in [0.25, 0.3) is 0 Å². The van der Waals surface area contributed by atoms with E-state index < -0.39 is 0 Å². The van der Waals surface area contributed by atoms with Gasteiger partial charge in [-0.15, -0.1) is 0 Å². The first-order valence-electron chi connectivity index (χ1n) is 7.86. The molecular weight excluding hydrogens is 344 g/mol. The highest BCUT2D eigenvalue weighted by molar-refractivity contribution is 9.10. The van der Waals surface area contributed by atoms with Gasteiger partial charge in [0.1, 0.15) is 0 Å². The molecule has 5 heteroatoms. The number of benzene rings is 1. The van der Waals surface area contributed by atoms with E-state index in [2.05, 4.69) is 28.1 Å². The Morgan fingerprint density at radius 1 is 1.55 bits per heavy atom. The van der Waals surface area contributed by atoms with E-state index in [-0.39, 0.29) is 11.8 Å². The van der Waals surface area contributed by atoms with Crippen LogP contribution in [0, 0.1) is 11.8 Å². The Labute approximate surface area is 141 Å². The molecule has 1 aromatic carbocycles. The molecule has 2 rings (SSSR count). The Bertz CT molecular complexity index is 495. The molecule has 0 aromatic heterocycles. The third-order valence-corrected chi connectivity index (χ3v) is 4.81. The molecule has 4 nitrogen and oxygen atoms in total. The number of carbonyl (C=O) groups excluding carboxylic acids is 1. The maximum absolute atomic E-state index is 12.8. The molecule has 0 saturated carbocycles. The Morgan fingerprint density at radius 3 is 3.00 bits per heavy atom.